The second-order valence-corrected chi connectivity index (χ2v) is 8.65. The molecule has 4 N–H and O–H groups in total. The van der Waals surface area contributed by atoms with Gasteiger partial charge in [0.15, 0.2) is 0 Å². The van der Waals surface area contributed by atoms with E-state index in [1.165, 1.54) is 42.7 Å². The van der Waals surface area contributed by atoms with Crippen molar-refractivity contribution in [3.63, 3.8) is 0 Å². The predicted octanol–water partition coefficient (Wildman–Crippen LogP) is 3.61. The zero-order valence-corrected chi connectivity index (χ0v) is 19.5. The van der Waals surface area contributed by atoms with E-state index in [1.54, 1.807) is 24.0 Å². The number of piperidine rings is 1. The van der Waals surface area contributed by atoms with Gasteiger partial charge in [0, 0.05) is 37.8 Å². The van der Waals surface area contributed by atoms with E-state index in [-0.39, 0.29) is 42.4 Å². The number of H-pyrrole nitrogens is 1. The molecule has 190 valence electrons. The summed E-state index contributed by atoms with van der Waals surface area (Å²) in [6.45, 7) is 1.53. The standard InChI is InChI=1S/C25H26F3N5O3/c1-15(23(34)32-22-7-6-20(13-30-22)36-19-4-2-18(26)3-5-19)33-9-8-25(27,28)21(14-33)17-10-16(11-29)24(35)31-12-17/h2-7,10,12-13,15,21H,8-9,11,14,29H2,1H3,(H,31,35)(H,30,32,34)/t15-,21+/m0/s1. The van der Waals surface area contributed by atoms with Crippen LogP contribution in [0.15, 0.2) is 59.7 Å². The van der Waals surface area contributed by atoms with E-state index < -0.39 is 35.8 Å². The first kappa shape index (κ1) is 25.4. The monoisotopic (exact) mass is 501 g/mol. The van der Waals surface area contributed by atoms with E-state index in [9.17, 15) is 22.8 Å². The molecule has 1 aromatic carbocycles. The number of nitrogens with zero attached hydrogens (tertiary/aromatic N) is 2. The number of carbonyl (C=O) groups is 1. The van der Waals surface area contributed by atoms with Crippen molar-refractivity contribution in [2.45, 2.75) is 37.8 Å². The first-order valence-electron chi connectivity index (χ1n) is 11.4. The largest absolute Gasteiger partial charge is 0.456 e. The number of carbonyl (C=O) groups excluding carboxylic acids is 1. The van der Waals surface area contributed by atoms with Gasteiger partial charge in [0.25, 0.3) is 11.5 Å². The van der Waals surface area contributed by atoms with E-state index >= 15 is 0 Å². The Bertz CT molecular complexity index is 1270. The minimum absolute atomic E-state index is 0.0308. The van der Waals surface area contributed by atoms with E-state index in [1.807, 2.05) is 0 Å². The molecule has 0 aliphatic carbocycles. The summed E-state index contributed by atoms with van der Waals surface area (Å²) in [5.41, 5.74) is 5.65. The highest BCUT2D eigenvalue weighted by Gasteiger charge is 2.46. The number of alkyl halides is 2. The molecule has 3 aromatic rings. The van der Waals surface area contributed by atoms with Gasteiger partial charge in [0.1, 0.15) is 23.1 Å². The molecule has 0 spiro atoms. The molecule has 1 aliphatic heterocycles. The molecule has 8 nitrogen and oxygen atoms in total. The van der Waals surface area contributed by atoms with Crippen molar-refractivity contribution < 1.29 is 22.7 Å². The van der Waals surface area contributed by atoms with Crippen LogP contribution in [0.4, 0.5) is 19.0 Å². The molecule has 11 heteroatoms. The average Bonchev–Trinajstić information content (AvgIpc) is 2.86. The molecule has 0 bridgehead atoms. The van der Waals surface area contributed by atoms with Crippen molar-refractivity contribution in [1.29, 1.82) is 0 Å². The third-order valence-electron chi connectivity index (χ3n) is 6.25. The van der Waals surface area contributed by atoms with Crippen LogP contribution in [0.25, 0.3) is 0 Å². The number of benzene rings is 1. The number of hydrogen-bond donors (Lipinski definition) is 3. The predicted molar refractivity (Wildman–Crippen MR) is 128 cm³/mol. The number of anilines is 1. The third-order valence-corrected chi connectivity index (χ3v) is 6.25. The van der Waals surface area contributed by atoms with E-state index in [2.05, 4.69) is 15.3 Å². The van der Waals surface area contributed by atoms with Crippen LogP contribution < -0.4 is 21.3 Å². The highest BCUT2D eigenvalue weighted by molar-refractivity contribution is 5.93. The summed E-state index contributed by atoms with van der Waals surface area (Å²) in [5.74, 6) is -3.89. The number of amides is 1. The summed E-state index contributed by atoms with van der Waals surface area (Å²) in [4.78, 5) is 33.0. The number of nitrogens with two attached hydrogens (primary N) is 1. The summed E-state index contributed by atoms with van der Waals surface area (Å²) in [6, 6.07) is 9.34. The summed E-state index contributed by atoms with van der Waals surface area (Å²) in [5, 5.41) is 2.69. The second kappa shape index (κ2) is 10.5. The number of hydrogen-bond acceptors (Lipinski definition) is 6. The van der Waals surface area contributed by atoms with Crippen LogP contribution in [0.2, 0.25) is 0 Å². The normalized spacial score (nSPS) is 18.4. The molecule has 1 aliphatic rings. The quantitative estimate of drug-likeness (QED) is 0.456. The highest BCUT2D eigenvalue weighted by atomic mass is 19.3. The molecule has 0 saturated carbocycles. The number of halogens is 3. The molecule has 4 rings (SSSR count). The van der Waals surface area contributed by atoms with Gasteiger partial charge in [0.05, 0.1) is 18.2 Å². The highest BCUT2D eigenvalue weighted by Crippen LogP contribution is 2.40. The first-order chi connectivity index (χ1) is 17.2. The van der Waals surface area contributed by atoms with Crippen molar-refractivity contribution in [3.05, 3.63) is 82.2 Å². The van der Waals surface area contributed by atoms with Crippen molar-refractivity contribution in [1.82, 2.24) is 14.9 Å². The Morgan fingerprint density at radius 1 is 1.28 bits per heavy atom. The van der Waals surface area contributed by atoms with Crippen molar-refractivity contribution in [3.8, 4) is 11.5 Å². The fourth-order valence-electron chi connectivity index (χ4n) is 4.08. The zero-order chi connectivity index (χ0) is 25.9. The lowest BCUT2D eigenvalue weighted by molar-refractivity contribution is -0.125. The van der Waals surface area contributed by atoms with Gasteiger partial charge in [-0.2, -0.15) is 0 Å². The Labute approximate surface area is 205 Å². The maximum Gasteiger partial charge on any atom is 0.257 e. The molecule has 36 heavy (non-hydrogen) atoms. The van der Waals surface area contributed by atoms with Gasteiger partial charge < -0.3 is 20.8 Å². The van der Waals surface area contributed by atoms with E-state index in [0.29, 0.717) is 11.5 Å². The van der Waals surface area contributed by atoms with Crippen LogP contribution in [-0.2, 0) is 11.3 Å². The van der Waals surface area contributed by atoms with Gasteiger partial charge in [-0.3, -0.25) is 14.5 Å². The van der Waals surface area contributed by atoms with Crippen LogP contribution >= 0.6 is 0 Å². The van der Waals surface area contributed by atoms with Crippen LogP contribution in [0.1, 0.15) is 30.4 Å². The molecular formula is C25H26F3N5O3. The molecule has 1 fully saturated rings. The van der Waals surface area contributed by atoms with Gasteiger partial charge in [-0.15, -0.1) is 0 Å². The molecule has 0 unspecified atom stereocenters. The number of rotatable bonds is 7. The molecule has 1 saturated heterocycles. The zero-order valence-electron chi connectivity index (χ0n) is 19.5. The van der Waals surface area contributed by atoms with Crippen LogP contribution in [0.3, 0.4) is 0 Å². The number of aromatic amines is 1. The van der Waals surface area contributed by atoms with Crippen LogP contribution in [-0.4, -0.2) is 45.8 Å². The van der Waals surface area contributed by atoms with Crippen LogP contribution in [0.5, 0.6) is 11.5 Å². The molecular weight excluding hydrogens is 475 g/mol. The Balaban J connectivity index is 1.40. The number of ether oxygens (including phenoxy) is 1. The molecule has 3 heterocycles. The SMILES string of the molecule is C[C@@H](C(=O)Nc1ccc(Oc2ccc(F)cc2)cn1)N1CCC(F)(F)[C@@H](c2c[nH]c(=O)c(CN)c2)C1. The van der Waals surface area contributed by atoms with Gasteiger partial charge in [-0.05, 0) is 55.0 Å². The Kier molecular flexibility index (Phi) is 7.41. The maximum absolute atomic E-state index is 14.8. The molecule has 0 radical (unpaired) electrons. The van der Waals surface area contributed by atoms with Crippen LogP contribution in [0, 0.1) is 5.82 Å². The fourth-order valence-corrected chi connectivity index (χ4v) is 4.08. The fraction of sp³-hybridized carbons (Fsp3) is 0.320. The minimum atomic E-state index is -3.00. The Hall–Kier alpha value is -3.70. The summed E-state index contributed by atoms with van der Waals surface area (Å²) in [6.07, 6.45) is 2.26. The lowest BCUT2D eigenvalue weighted by Gasteiger charge is -2.40. The summed E-state index contributed by atoms with van der Waals surface area (Å²) in [7, 11) is 0. The maximum atomic E-state index is 14.8. The van der Waals surface area contributed by atoms with E-state index in [0.717, 1.165) is 0 Å². The van der Waals surface area contributed by atoms with Crippen molar-refractivity contribution >= 4 is 11.7 Å². The number of likely N-dealkylation sites (tertiary alicyclic amines) is 1. The van der Waals surface area contributed by atoms with Crippen molar-refractivity contribution in [2.24, 2.45) is 5.73 Å². The van der Waals surface area contributed by atoms with Gasteiger partial charge in [-0.1, -0.05) is 0 Å². The van der Waals surface area contributed by atoms with E-state index in [4.69, 9.17) is 10.5 Å². The third kappa shape index (κ3) is 5.74. The molecule has 2 atom stereocenters. The van der Waals surface area contributed by atoms with Gasteiger partial charge in [-0.25, -0.2) is 18.2 Å². The Morgan fingerprint density at radius 2 is 2.00 bits per heavy atom. The topological polar surface area (TPSA) is 113 Å². The number of aromatic nitrogens is 2. The van der Waals surface area contributed by atoms with Gasteiger partial charge >= 0.3 is 0 Å². The first-order valence-corrected chi connectivity index (χ1v) is 11.4. The van der Waals surface area contributed by atoms with Gasteiger partial charge in [0.2, 0.25) is 5.91 Å². The number of pyridine rings is 2. The summed E-state index contributed by atoms with van der Waals surface area (Å²) >= 11 is 0. The number of nitrogens with one attached hydrogen (secondary N) is 2. The smallest absolute Gasteiger partial charge is 0.257 e. The average molecular weight is 502 g/mol. The second-order valence-electron chi connectivity index (χ2n) is 8.65. The Morgan fingerprint density at radius 3 is 2.67 bits per heavy atom. The lowest BCUT2D eigenvalue weighted by Crippen LogP contribution is -2.52. The molecule has 1 amide bonds. The van der Waals surface area contributed by atoms with Crippen molar-refractivity contribution in [2.75, 3.05) is 18.4 Å². The summed E-state index contributed by atoms with van der Waals surface area (Å²) < 4.78 is 48.2. The minimum Gasteiger partial charge on any atom is -0.456 e. The lowest BCUT2D eigenvalue weighted by atomic mass is 9.86. The molecule has 2 aromatic heterocycles.